The minimum atomic E-state index is -1.81. The number of nitrogens with zero attached hydrogens (tertiary/aromatic N) is 2. The van der Waals surface area contributed by atoms with E-state index in [1.54, 1.807) is 17.6 Å². The molecule has 0 saturated carbocycles. The first kappa shape index (κ1) is 18.1. The van der Waals surface area contributed by atoms with Gasteiger partial charge in [-0.05, 0) is 55.0 Å². The molecule has 4 heterocycles. The predicted octanol–water partition coefficient (Wildman–Crippen LogP) is 3.22. The summed E-state index contributed by atoms with van der Waals surface area (Å²) in [6.45, 7) is 2.03. The Balaban J connectivity index is 1.68. The van der Waals surface area contributed by atoms with Gasteiger partial charge in [0.05, 0.1) is 29.0 Å². The summed E-state index contributed by atoms with van der Waals surface area (Å²) in [5.74, 6) is -0.710. The summed E-state index contributed by atoms with van der Waals surface area (Å²) < 4.78 is 6.83. The van der Waals surface area contributed by atoms with Crippen molar-refractivity contribution in [2.24, 2.45) is 0 Å². The molecule has 1 aliphatic carbocycles. The topological polar surface area (TPSA) is 81.4 Å². The van der Waals surface area contributed by atoms with Gasteiger partial charge in [-0.1, -0.05) is 18.5 Å². The minimum absolute atomic E-state index is 0.117. The zero-order valence-corrected chi connectivity index (χ0v) is 17.2. The number of halogens is 1. The second-order valence-electron chi connectivity index (χ2n) is 8.33. The van der Waals surface area contributed by atoms with E-state index in [0.717, 1.165) is 41.4 Å². The molecule has 2 aliphatic heterocycles. The molecule has 0 spiro atoms. The van der Waals surface area contributed by atoms with Gasteiger partial charge in [0.15, 0.2) is 5.60 Å². The Morgan fingerprint density at radius 1 is 1.20 bits per heavy atom. The maximum atomic E-state index is 13.3. The molecule has 1 atom stereocenters. The molecule has 0 radical (unpaired) electrons. The number of carbonyl (C=O) groups is 1. The molecule has 6 nitrogen and oxygen atoms in total. The van der Waals surface area contributed by atoms with Crippen LogP contribution in [0, 0.1) is 0 Å². The Bertz CT molecular complexity index is 1360. The fourth-order valence-electron chi connectivity index (χ4n) is 5.29. The van der Waals surface area contributed by atoms with Gasteiger partial charge in [-0.25, -0.2) is 9.78 Å². The van der Waals surface area contributed by atoms with E-state index >= 15 is 0 Å². The number of hydrogen-bond acceptors (Lipinski definition) is 5. The highest BCUT2D eigenvalue weighted by Crippen LogP contribution is 2.42. The third-order valence-corrected chi connectivity index (χ3v) is 7.04. The van der Waals surface area contributed by atoms with Crippen LogP contribution in [0.2, 0.25) is 5.02 Å². The smallest absolute Gasteiger partial charge is 0.343 e. The molecule has 1 N–H and O–H groups in total. The van der Waals surface area contributed by atoms with Crippen molar-refractivity contribution < 1.29 is 14.6 Å². The highest BCUT2D eigenvalue weighted by Gasteiger charge is 2.45. The molecule has 3 aliphatic rings. The lowest BCUT2D eigenvalue weighted by Crippen LogP contribution is -2.44. The van der Waals surface area contributed by atoms with Crippen molar-refractivity contribution in [1.29, 1.82) is 0 Å². The fourth-order valence-corrected chi connectivity index (χ4v) is 5.52. The van der Waals surface area contributed by atoms with Gasteiger partial charge in [-0.2, -0.15) is 0 Å². The van der Waals surface area contributed by atoms with Crippen molar-refractivity contribution >= 4 is 28.5 Å². The van der Waals surface area contributed by atoms with E-state index in [1.165, 1.54) is 11.1 Å². The van der Waals surface area contributed by atoms with Crippen LogP contribution in [0.15, 0.2) is 23.0 Å². The first-order chi connectivity index (χ1) is 14.4. The molecule has 30 heavy (non-hydrogen) atoms. The SMILES string of the molecule is CC[C@@]1(O)C(=O)OCc2c1cc1n(c2=O)Cc2c-1nc1cc(Cl)cc3c1c2CCC3. The zero-order valence-electron chi connectivity index (χ0n) is 16.4. The highest BCUT2D eigenvalue weighted by molar-refractivity contribution is 6.31. The average molecular weight is 423 g/mol. The van der Waals surface area contributed by atoms with E-state index in [1.807, 2.05) is 12.1 Å². The van der Waals surface area contributed by atoms with Crippen LogP contribution in [0.1, 0.15) is 47.6 Å². The summed E-state index contributed by atoms with van der Waals surface area (Å²) in [4.78, 5) is 30.5. The van der Waals surface area contributed by atoms with Gasteiger partial charge in [0.1, 0.15) is 6.61 Å². The van der Waals surface area contributed by atoms with E-state index < -0.39 is 11.6 Å². The normalized spacial score (nSPS) is 21.2. The van der Waals surface area contributed by atoms with Crippen LogP contribution in [0.4, 0.5) is 0 Å². The number of cyclic esters (lactones) is 1. The maximum absolute atomic E-state index is 13.3. The number of carbonyl (C=O) groups excluding carboxylic acids is 1. The summed E-state index contributed by atoms with van der Waals surface area (Å²) in [5, 5.41) is 12.8. The standard InChI is InChI=1S/C23H19ClN2O4/c1-2-23(29)16-8-18-20-14(9-26(18)21(27)15(16)10-30-22(23)28)13-5-3-4-11-6-12(24)7-17(25-20)19(11)13/h6-8,29H,2-5,9-10H2,1H3/t23-/m0/s1. The first-order valence-corrected chi connectivity index (χ1v) is 10.6. The summed E-state index contributed by atoms with van der Waals surface area (Å²) in [6, 6.07) is 5.64. The Kier molecular flexibility index (Phi) is 3.58. The number of fused-ring (bicyclic) bond motifs is 5. The van der Waals surface area contributed by atoms with E-state index in [2.05, 4.69) is 0 Å². The second kappa shape index (κ2) is 5.93. The van der Waals surface area contributed by atoms with Crippen LogP contribution < -0.4 is 5.56 Å². The van der Waals surface area contributed by atoms with Crippen LogP contribution in [0.25, 0.3) is 22.3 Å². The number of aliphatic hydroxyl groups is 1. The monoisotopic (exact) mass is 422 g/mol. The van der Waals surface area contributed by atoms with E-state index in [4.69, 9.17) is 21.3 Å². The van der Waals surface area contributed by atoms with Crippen LogP contribution in [-0.2, 0) is 41.1 Å². The van der Waals surface area contributed by atoms with Gasteiger partial charge in [-0.3, -0.25) is 4.79 Å². The van der Waals surface area contributed by atoms with Crippen molar-refractivity contribution in [1.82, 2.24) is 9.55 Å². The van der Waals surface area contributed by atoms with Crippen molar-refractivity contribution in [3.63, 3.8) is 0 Å². The van der Waals surface area contributed by atoms with Crippen molar-refractivity contribution in [2.75, 3.05) is 0 Å². The Hall–Kier alpha value is -2.70. The molecule has 0 fully saturated rings. The Labute approximate surface area is 177 Å². The summed E-state index contributed by atoms with van der Waals surface area (Å²) in [7, 11) is 0. The molecule has 0 amide bonds. The maximum Gasteiger partial charge on any atom is 0.343 e. The minimum Gasteiger partial charge on any atom is -0.458 e. The molecular weight excluding hydrogens is 404 g/mol. The van der Waals surface area contributed by atoms with Gasteiger partial charge < -0.3 is 14.4 Å². The van der Waals surface area contributed by atoms with Gasteiger partial charge in [0, 0.05) is 21.5 Å². The van der Waals surface area contributed by atoms with Crippen LogP contribution in [-0.4, -0.2) is 20.6 Å². The molecule has 7 heteroatoms. The number of aromatic nitrogens is 2. The number of esters is 1. The third-order valence-electron chi connectivity index (χ3n) is 6.82. The van der Waals surface area contributed by atoms with Crippen LogP contribution in [0.3, 0.4) is 0 Å². The number of pyridine rings is 2. The highest BCUT2D eigenvalue weighted by atomic mass is 35.5. The van der Waals surface area contributed by atoms with E-state index in [0.29, 0.717) is 28.4 Å². The van der Waals surface area contributed by atoms with Crippen molar-refractivity contribution in [3.05, 3.63) is 61.4 Å². The number of ether oxygens (including phenoxy) is 1. The summed E-state index contributed by atoms with van der Waals surface area (Å²) in [5.41, 5.74) is 4.34. The van der Waals surface area contributed by atoms with E-state index in [9.17, 15) is 14.7 Å². The number of hydrogen-bond donors (Lipinski definition) is 1. The molecule has 3 aromatic rings. The lowest BCUT2D eigenvalue weighted by Gasteiger charge is -2.31. The van der Waals surface area contributed by atoms with Gasteiger partial charge in [0.25, 0.3) is 5.56 Å². The second-order valence-corrected chi connectivity index (χ2v) is 8.77. The summed E-state index contributed by atoms with van der Waals surface area (Å²) in [6.07, 6.45) is 3.05. The molecule has 0 unspecified atom stereocenters. The summed E-state index contributed by atoms with van der Waals surface area (Å²) >= 11 is 6.34. The van der Waals surface area contributed by atoms with Gasteiger partial charge in [-0.15, -0.1) is 0 Å². The number of aryl methyl sites for hydroxylation is 2. The largest absolute Gasteiger partial charge is 0.458 e. The van der Waals surface area contributed by atoms with Gasteiger partial charge in [0.2, 0.25) is 0 Å². The number of benzene rings is 1. The average Bonchev–Trinajstić information content (AvgIpc) is 3.10. The zero-order chi connectivity index (χ0) is 20.8. The van der Waals surface area contributed by atoms with Crippen LogP contribution >= 0.6 is 11.6 Å². The lowest BCUT2D eigenvalue weighted by atomic mass is 9.85. The third kappa shape index (κ3) is 2.15. The fraction of sp³-hybridized carbons (Fsp3) is 0.348. The first-order valence-electron chi connectivity index (χ1n) is 10.2. The predicted molar refractivity (Wildman–Crippen MR) is 112 cm³/mol. The van der Waals surface area contributed by atoms with Crippen molar-refractivity contribution in [3.8, 4) is 11.4 Å². The molecule has 6 rings (SSSR count). The molecular formula is C23H19ClN2O4. The quantitative estimate of drug-likeness (QED) is 0.476. The Morgan fingerprint density at radius 3 is 2.83 bits per heavy atom. The molecule has 0 bridgehead atoms. The molecule has 2 aromatic heterocycles. The molecule has 152 valence electrons. The van der Waals surface area contributed by atoms with Crippen LogP contribution in [0.5, 0.6) is 0 Å². The molecule has 1 aromatic carbocycles. The van der Waals surface area contributed by atoms with Gasteiger partial charge >= 0.3 is 5.97 Å². The number of rotatable bonds is 1. The van der Waals surface area contributed by atoms with E-state index in [-0.39, 0.29) is 18.6 Å². The Morgan fingerprint density at radius 2 is 2.03 bits per heavy atom. The lowest BCUT2D eigenvalue weighted by molar-refractivity contribution is -0.172. The van der Waals surface area contributed by atoms with Crippen molar-refractivity contribution in [2.45, 2.75) is 51.4 Å². The molecule has 0 saturated heterocycles.